The highest BCUT2D eigenvalue weighted by Crippen LogP contribution is 2.27. The van der Waals surface area contributed by atoms with Gasteiger partial charge in [0, 0.05) is 17.5 Å². The molecule has 0 spiro atoms. The molecule has 0 atom stereocenters. The number of rotatable bonds is 4. The van der Waals surface area contributed by atoms with E-state index in [0.717, 1.165) is 16.8 Å². The molecule has 96 valence electrons. The van der Waals surface area contributed by atoms with Crippen LogP contribution in [0.2, 0.25) is 5.02 Å². The first-order chi connectivity index (χ1) is 8.56. The van der Waals surface area contributed by atoms with E-state index in [0.29, 0.717) is 11.4 Å². The monoisotopic (exact) mass is 348 g/mol. The van der Waals surface area contributed by atoms with Crippen LogP contribution in [0.15, 0.2) is 28.1 Å². The summed E-state index contributed by atoms with van der Waals surface area (Å²) in [6.45, 7) is 0.721. The summed E-state index contributed by atoms with van der Waals surface area (Å²) in [4.78, 5) is 1.26. The van der Waals surface area contributed by atoms with E-state index in [2.05, 4.69) is 27.3 Å². The number of benzene rings is 1. The van der Waals surface area contributed by atoms with Gasteiger partial charge in [-0.2, -0.15) is 0 Å². The normalized spacial score (nSPS) is 10.6. The summed E-state index contributed by atoms with van der Waals surface area (Å²) in [5, 5.41) is 3.23. The Morgan fingerprint density at radius 3 is 2.83 bits per heavy atom. The van der Waals surface area contributed by atoms with Gasteiger partial charge in [-0.1, -0.05) is 11.6 Å². The van der Waals surface area contributed by atoms with E-state index in [9.17, 15) is 4.39 Å². The van der Waals surface area contributed by atoms with E-state index in [1.165, 1.54) is 17.0 Å². The van der Waals surface area contributed by atoms with Gasteiger partial charge in [0.1, 0.15) is 5.82 Å². The molecule has 18 heavy (non-hydrogen) atoms. The number of hydrogen-bond acceptors (Lipinski definition) is 3. The summed E-state index contributed by atoms with van der Waals surface area (Å²) in [6, 6.07) is 6.82. The molecule has 2 rings (SSSR count). The van der Waals surface area contributed by atoms with Crippen LogP contribution in [0.3, 0.4) is 0 Å². The summed E-state index contributed by atoms with van der Waals surface area (Å²) in [5.74, 6) is -0.498. The third-order valence-electron chi connectivity index (χ3n) is 2.41. The molecule has 3 N–H and O–H groups in total. The van der Waals surface area contributed by atoms with Crippen molar-refractivity contribution in [2.24, 2.45) is 0 Å². The number of nitrogens with one attached hydrogen (secondary N) is 1. The van der Waals surface area contributed by atoms with E-state index >= 15 is 0 Å². The van der Waals surface area contributed by atoms with Gasteiger partial charge in [0.2, 0.25) is 0 Å². The molecule has 1 aromatic carbocycles. The minimum absolute atomic E-state index is 0.0746. The van der Waals surface area contributed by atoms with Crippen LogP contribution in [0.1, 0.15) is 4.88 Å². The van der Waals surface area contributed by atoms with Crippen LogP contribution in [-0.4, -0.2) is 6.54 Å². The zero-order chi connectivity index (χ0) is 13.1. The fourth-order valence-electron chi connectivity index (χ4n) is 1.52. The van der Waals surface area contributed by atoms with Crippen molar-refractivity contribution in [1.82, 2.24) is 0 Å². The molecule has 2 aromatic rings. The lowest BCUT2D eigenvalue weighted by Gasteiger charge is -2.09. The van der Waals surface area contributed by atoms with Gasteiger partial charge in [0.15, 0.2) is 0 Å². The Kier molecular flexibility index (Phi) is 4.48. The summed E-state index contributed by atoms with van der Waals surface area (Å²) in [5.41, 5.74) is 6.74. The Morgan fingerprint density at radius 2 is 2.17 bits per heavy atom. The third kappa shape index (κ3) is 3.37. The van der Waals surface area contributed by atoms with Crippen LogP contribution >= 0.6 is 38.9 Å². The molecule has 0 fully saturated rings. The standard InChI is InChI=1S/C12H11BrClFN2S/c13-12-2-1-7(18-12)3-4-17-11-5-8(14)9(15)6-10(11)16/h1-2,5-6,17H,3-4,16H2. The lowest BCUT2D eigenvalue weighted by molar-refractivity contribution is 0.629. The largest absolute Gasteiger partial charge is 0.397 e. The topological polar surface area (TPSA) is 38.0 Å². The van der Waals surface area contributed by atoms with Crippen LogP contribution < -0.4 is 11.1 Å². The smallest absolute Gasteiger partial charge is 0.143 e. The average molecular weight is 350 g/mol. The molecule has 0 saturated carbocycles. The lowest BCUT2D eigenvalue weighted by Crippen LogP contribution is -2.06. The zero-order valence-corrected chi connectivity index (χ0v) is 12.5. The minimum atomic E-state index is -0.498. The Labute approximate surface area is 122 Å². The second-order valence-electron chi connectivity index (χ2n) is 3.74. The number of nitrogens with two attached hydrogens (primary N) is 1. The number of hydrogen-bond donors (Lipinski definition) is 2. The fourth-order valence-corrected chi connectivity index (χ4v) is 3.17. The van der Waals surface area contributed by atoms with Crippen LogP contribution in [-0.2, 0) is 6.42 Å². The number of anilines is 2. The minimum Gasteiger partial charge on any atom is -0.397 e. The summed E-state index contributed by atoms with van der Waals surface area (Å²) in [6.07, 6.45) is 0.880. The number of halogens is 3. The maximum Gasteiger partial charge on any atom is 0.143 e. The number of thiophene rings is 1. The Balaban J connectivity index is 1.96. The highest BCUT2D eigenvalue weighted by Gasteiger charge is 2.06. The van der Waals surface area contributed by atoms with Crippen molar-refractivity contribution in [2.75, 3.05) is 17.6 Å². The Hall–Kier alpha value is -0.780. The molecule has 1 aromatic heterocycles. The molecule has 6 heteroatoms. The van der Waals surface area contributed by atoms with Gasteiger partial charge in [-0.3, -0.25) is 0 Å². The van der Waals surface area contributed by atoms with Gasteiger partial charge in [-0.05, 0) is 40.5 Å². The van der Waals surface area contributed by atoms with Gasteiger partial charge < -0.3 is 11.1 Å². The van der Waals surface area contributed by atoms with E-state index in [1.807, 2.05) is 6.07 Å². The first-order valence-corrected chi connectivity index (χ1v) is 7.27. The van der Waals surface area contributed by atoms with E-state index in [-0.39, 0.29) is 5.02 Å². The molecule has 0 amide bonds. The van der Waals surface area contributed by atoms with Crippen LogP contribution in [0.5, 0.6) is 0 Å². The summed E-state index contributed by atoms with van der Waals surface area (Å²) in [7, 11) is 0. The molecule has 0 radical (unpaired) electrons. The molecular formula is C12H11BrClFN2S. The van der Waals surface area contributed by atoms with E-state index in [4.69, 9.17) is 17.3 Å². The van der Waals surface area contributed by atoms with Gasteiger partial charge in [0.25, 0.3) is 0 Å². The average Bonchev–Trinajstić information content (AvgIpc) is 2.71. The van der Waals surface area contributed by atoms with Gasteiger partial charge in [0.05, 0.1) is 20.2 Å². The second kappa shape index (κ2) is 5.91. The van der Waals surface area contributed by atoms with Crippen molar-refractivity contribution in [3.05, 3.63) is 43.8 Å². The van der Waals surface area contributed by atoms with Gasteiger partial charge in [-0.25, -0.2) is 4.39 Å². The first-order valence-electron chi connectivity index (χ1n) is 5.29. The lowest BCUT2D eigenvalue weighted by atomic mass is 10.2. The first kappa shape index (κ1) is 13.6. The number of nitrogen functional groups attached to an aromatic ring is 1. The van der Waals surface area contributed by atoms with Crippen LogP contribution in [0.4, 0.5) is 15.8 Å². The van der Waals surface area contributed by atoms with Crippen molar-refractivity contribution >= 4 is 50.2 Å². The van der Waals surface area contributed by atoms with Crippen LogP contribution in [0, 0.1) is 5.82 Å². The molecule has 0 aliphatic carbocycles. The molecule has 0 unspecified atom stereocenters. The van der Waals surface area contributed by atoms with E-state index in [1.54, 1.807) is 11.3 Å². The predicted molar refractivity (Wildman–Crippen MR) is 80.0 cm³/mol. The van der Waals surface area contributed by atoms with Gasteiger partial charge >= 0.3 is 0 Å². The molecular weight excluding hydrogens is 339 g/mol. The Morgan fingerprint density at radius 1 is 1.39 bits per heavy atom. The molecule has 0 aliphatic heterocycles. The molecule has 0 aliphatic rings. The van der Waals surface area contributed by atoms with Crippen molar-refractivity contribution in [1.29, 1.82) is 0 Å². The third-order valence-corrected chi connectivity index (χ3v) is 4.38. The highest BCUT2D eigenvalue weighted by molar-refractivity contribution is 9.11. The molecule has 0 bridgehead atoms. The quantitative estimate of drug-likeness (QED) is 0.795. The van der Waals surface area contributed by atoms with Crippen molar-refractivity contribution in [3.63, 3.8) is 0 Å². The maximum atomic E-state index is 13.1. The maximum absolute atomic E-state index is 13.1. The summed E-state index contributed by atoms with van der Waals surface area (Å²) >= 11 is 10.8. The zero-order valence-electron chi connectivity index (χ0n) is 9.34. The van der Waals surface area contributed by atoms with Crippen molar-refractivity contribution in [2.45, 2.75) is 6.42 Å². The fraction of sp³-hybridized carbons (Fsp3) is 0.167. The van der Waals surface area contributed by atoms with E-state index < -0.39 is 5.82 Å². The second-order valence-corrected chi connectivity index (χ2v) is 6.69. The molecule has 0 saturated heterocycles. The van der Waals surface area contributed by atoms with Crippen molar-refractivity contribution in [3.8, 4) is 0 Å². The van der Waals surface area contributed by atoms with Crippen molar-refractivity contribution < 1.29 is 4.39 Å². The van der Waals surface area contributed by atoms with Crippen LogP contribution in [0.25, 0.3) is 0 Å². The Bertz CT molecular complexity index is 559. The molecule has 2 nitrogen and oxygen atoms in total. The molecule has 1 heterocycles. The SMILES string of the molecule is Nc1cc(F)c(Cl)cc1NCCc1ccc(Br)s1. The highest BCUT2D eigenvalue weighted by atomic mass is 79.9. The predicted octanol–water partition coefficient (Wildman–Crippen LogP) is 4.54. The van der Waals surface area contributed by atoms with Gasteiger partial charge in [-0.15, -0.1) is 11.3 Å². The summed E-state index contributed by atoms with van der Waals surface area (Å²) < 4.78 is 14.2.